The maximum atomic E-state index is 8.83. The second-order valence-corrected chi connectivity index (χ2v) is 6.85. The molecule has 145 valence electrons. The van der Waals surface area contributed by atoms with Crippen molar-refractivity contribution in [3.8, 4) is 0 Å². The lowest BCUT2D eigenvalue weighted by atomic mass is 10.0. The zero-order chi connectivity index (χ0) is 20.9. The van der Waals surface area contributed by atoms with Crippen LogP contribution in [0.2, 0.25) is 0 Å². The minimum absolute atomic E-state index is 0.314. The third kappa shape index (κ3) is 3.86. The Bertz CT molecular complexity index is 1170. The maximum Gasteiger partial charge on any atom is 0.569 e. The van der Waals surface area contributed by atoms with Crippen LogP contribution in [0.4, 0.5) is 11.4 Å². The van der Waals surface area contributed by atoms with E-state index in [0.717, 1.165) is 38.6 Å². The molecule has 0 saturated heterocycles. The molecule has 0 amide bonds. The van der Waals surface area contributed by atoms with Crippen LogP contribution in [-0.2, 0) is 4.65 Å². The number of anilines is 2. The van der Waals surface area contributed by atoms with Crippen LogP contribution in [-0.4, -0.2) is 12.7 Å². The van der Waals surface area contributed by atoms with Crippen LogP contribution in [0, 0.1) is 0 Å². The molecule has 0 atom stereocenters. The Kier molecular flexibility index (Phi) is 5.69. The Morgan fingerprint density at radius 2 is 1.23 bits per heavy atom. The summed E-state index contributed by atoms with van der Waals surface area (Å²) in [5.74, 6) is 0.314. The summed E-state index contributed by atoms with van der Waals surface area (Å²) in [4.78, 5) is 2.14. The molecule has 30 heavy (non-hydrogen) atoms. The van der Waals surface area contributed by atoms with Crippen LogP contribution in [0.5, 0.6) is 0 Å². The van der Waals surface area contributed by atoms with Crippen molar-refractivity contribution in [2.45, 2.75) is 0 Å². The quantitative estimate of drug-likeness (QED) is 0.230. The molecule has 0 saturated carbocycles. The van der Waals surface area contributed by atoms with Gasteiger partial charge in [-0.05, 0) is 35.1 Å². The third-order valence-corrected chi connectivity index (χ3v) is 4.97. The van der Waals surface area contributed by atoms with Gasteiger partial charge in [-0.1, -0.05) is 86.0 Å². The van der Waals surface area contributed by atoms with Crippen molar-refractivity contribution in [2.75, 3.05) is 4.90 Å². The van der Waals surface area contributed by atoms with Crippen molar-refractivity contribution in [2.24, 2.45) is 0 Å². The number of hydrogen-bond donors (Lipinski definition) is 1. The van der Waals surface area contributed by atoms with Crippen molar-refractivity contribution in [1.82, 2.24) is 0 Å². The van der Waals surface area contributed by atoms with Gasteiger partial charge in [0.25, 0.3) is 0 Å². The van der Waals surface area contributed by atoms with Gasteiger partial charge in [-0.3, -0.25) is 0 Å². The predicted molar refractivity (Wildman–Crippen MR) is 127 cm³/mol. The van der Waals surface area contributed by atoms with Gasteiger partial charge in [0.1, 0.15) is 0 Å². The van der Waals surface area contributed by atoms with E-state index in [1.54, 1.807) is 6.08 Å². The number of benzene rings is 4. The highest BCUT2D eigenvalue weighted by molar-refractivity contribution is 6.16. The average molecular weight is 390 g/mol. The lowest BCUT2D eigenvalue weighted by Crippen LogP contribution is -2.15. The van der Waals surface area contributed by atoms with Gasteiger partial charge in [0.15, 0.2) is 0 Å². The van der Waals surface area contributed by atoms with E-state index in [2.05, 4.69) is 78.7 Å². The van der Waals surface area contributed by atoms with Gasteiger partial charge in [-0.25, -0.2) is 0 Å². The number of fused-ring (bicyclic) bond motifs is 2. The topological polar surface area (TPSA) is 32.7 Å². The smallest absolute Gasteiger partial charge is 0.538 e. The van der Waals surface area contributed by atoms with E-state index in [1.165, 1.54) is 0 Å². The minimum Gasteiger partial charge on any atom is -0.538 e. The number of allylic oxidation sites excluding steroid dienone is 2. The van der Waals surface area contributed by atoms with Gasteiger partial charge < -0.3 is 14.6 Å². The molecule has 4 aromatic rings. The second kappa shape index (κ2) is 8.72. The largest absolute Gasteiger partial charge is 0.569 e. The molecule has 3 nitrogen and oxygen atoms in total. The van der Waals surface area contributed by atoms with E-state index >= 15 is 0 Å². The summed E-state index contributed by atoms with van der Waals surface area (Å²) in [6.07, 6.45) is 3.51. The van der Waals surface area contributed by atoms with Gasteiger partial charge in [-0.15, -0.1) is 0 Å². The summed E-state index contributed by atoms with van der Waals surface area (Å²) in [5.41, 5.74) is 2.80. The summed E-state index contributed by atoms with van der Waals surface area (Å²) in [7, 11) is 0.614. The summed E-state index contributed by atoms with van der Waals surface area (Å²) < 4.78 is 4.91. The molecule has 0 unspecified atom stereocenters. The van der Waals surface area contributed by atoms with Gasteiger partial charge in [0, 0.05) is 16.5 Å². The zero-order valence-electron chi connectivity index (χ0n) is 16.5. The van der Waals surface area contributed by atoms with Crippen LogP contribution >= 0.6 is 0 Å². The Morgan fingerprint density at radius 3 is 1.77 bits per heavy atom. The van der Waals surface area contributed by atoms with Gasteiger partial charge >= 0.3 is 7.69 Å². The molecule has 1 radical (unpaired) electrons. The van der Waals surface area contributed by atoms with Crippen molar-refractivity contribution < 1.29 is 9.68 Å². The van der Waals surface area contributed by atoms with Gasteiger partial charge in [0.2, 0.25) is 0 Å². The number of rotatable bonds is 7. The first-order chi connectivity index (χ1) is 14.7. The fraction of sp³-hybridized carbons (Fsp3) is 0. The molecule has 4 aromatic carbocycles. The average Bonchev–Trinajstić information content (AvgIpc) is 2.78. The van der Waals surface area contributed by atoms with E-state index in [-0.39, 0.29) is 0 Å². The fourth-order valence-electron chi connectivity index (χ4n) is 3.62. The minimum atomic E-state index is 0.314. The fourth-order valence-corrected chi connectivity index (χ4v) is 3.62. The van der Waals surface area contributed by atoms with Crippen LogP contribution < -0.4 is 4.90 Å². The van der Waals surface area contributed by atoms with E-state index in [4.69, 9.17) is 9.68 Å². The first-order valence-corrected chi connectivity index (χ1v) is 9.63. The second-order valence-electron chi connectivity index (χ2n) is 6.85. The van der Waals surface area contributed by atoms with Gasteiger partial charge in [-0.2, -0.15) is 0 Å². The van der Waals surface area contributed by atoms with E-state index in [0.29, 0.717) is 13.4 Å². The first kappa shape index (κ1) is 19.6. The van der Waals surface area contributed by atoms with Gasteiger partial charge in [0.05, 0.1) is 17.1 Å². The van der Waals surface area contributed by atoms with Crippen molar-refractivity contribution in [3.05, 3.63) is 122 Å². The Balaban J connectivity index is 1.91. The Hall–Kier alpha value is -3.76. The lowest BCUT2D eigenvalue weighted by molar-refractivity contribution is 0.384. The maximum absolute atomic E-state index is 8.83. The Labute approximate surface area is 177 Å². The molecule has 0 spiro atoms. The molecule has 0 fully saturated rings. The zero-order valence-corrected chi connectivity index (χ0v) is 16.5. The molecule has 0 aliphatic carbocycles. The van der Waals surface area contributed by atoms with E-state index in [1.807, 2.05) is 30.3 Å². The lowest BCUT2D eigenvalue weighted by Gasteiger charge is -2.28. The molecule has 0 heterocycles. The van der Waals surface area contributed by atoms with E-state index < -0.39 is 0 Å². The molecule has 0 bridgehead atoms. The molecular weight excluding hydrogens is 369 g/mol. The summed E-state index contributed by atoms with van der Waals surface area (Å²) in [6.45, 7) is 8.08. The van der Waals surface area contributed by atoms with Crippen molar-refractivity contribution in [1.29, 1.82) is 0 Å². The number of nitrogens with zero attached hydrogens (tertiary/aromatic N) is 1. The summed E-state index contributed by atoms with van der Waals surface area (Å²) in [6, 6.07) is 29.1. The molecule has 4 rings (SSSR count). The predicted octanol–water partition coefficient (Wildman–Crippen LogP) is 6.26. The molecule has 0 aliphatic heterocycles. The third-order valence-electron chi connectivity index (χ3n) is 4.97. The molecule has 1 N–H and O–H groups in total. The van der Waals surface area contributed by atoms with Crippen LogP contribution in [0.1, 0.15) is 0 Å². The van der Waals surface area contributed by atoms with Crippen LogP contribution in [0.15, 0.2) is 122 Å². The first-order valence-electron chi connectivity index (χ1n) is 9.63. The SMILES string of the molecule is C=C(C=CC(=C)N(c1cccc2ccccc12)c1cccc2ccccc12)O[B]O. The van der Waals surface area contributed by atoms with Crippen molar-refractivity contribution in [3.63, 3.8) is 0 Å². The highest BCUT2D eigenvalue weighted by Gasteiger charge is 2.16. The monoisotopic (exact) mass is 390 g/mol. The summed E-state index contributed by atoms with van der Waals surface area (Å²) >= 11 is 0. The standard InChI is InChI=1S/C26H21BNO2/c1-19(17-18-20(2)30-27-29)28(25-15-7-11-21-9-3-5-13-23(21)25)26-16-8-12-22-10-4-6-14-24(22)26/h3-18,29H,1-2H2. The normalized spacial score (nSPS) is 11.0. The molecule has 4 heteroatoms. The van der Waals surface area contributed by atoms with E-state index in [9.17, 15) is 0 Å². The highest BCUT2D eigenvalue weighted by Crippen LogP contribution is 2.38. The Morgan fingerprint density at radius 1 is 0.733 bits per heavy atom. The summed E-state index contributed by atoms with van der Waals surface area (Å²) in [5, 5.41) is 13.4. The van der Waals surface area contributed by atoms with Crippen LogP contribution in [0.3, 0.4) is 0 Å². The van der Waals surface area contributed by atoms with Crippen molar-refractivity contribution >= 4 is 40.6 Å². The molecule has 0 aliphatic rings. The highest BCUT2D eigenvalue weighted by atomic mass is 16.5. The molecule has 0 aromatic heterocycles. The van der Waals surface area contributed by atoms with Crippen LogP contribution in [0.25, 0.3) is 21.5 Å². The molecular formula is C26H21BNO2. The number of hydrogen-bond acceptors (Lipinski definition) is 3.